The van der Waals surface area contributed by atoms with Crippen molar-refractivity contribution in [3.05, 3.63) is 93.0 Å². The van der Waals surface area contributed by atoms with Gasteiger partial charge in [-0.15, -0.1) is 0 Å². The predicted molar refractivity (Wildman–Crippen MR) is 279 cm³/mol. The van der Waals surface area contributed by atoms with E-state index in [0.717, 1.165) is 47.6 Å². The zero-order valence-electron chi connectivity index (χ0n) is 44.8. The number of sulfone groups is 1. The van der Waals surface area contributed by atoms with E-state index in [-0.39, 0.29) is 50.7 Å². The molecule has 4 atom stereocenters. The number of rotatable bonds is 18. The van der Waals surface area contributed by atoms with E-state index in [1.807, 2.05) is 0 Å². The minimum Gasteiger partial charge on any atom is -0.480 e. The molecule has 3 aromatic heterocycles. The second kappa shape index (κ2) is 23.2. The van der Waals surface area contributed by atoms with Crippen LogP contribution in [0.4, 0.5) is 59.3 Å². The van der Waals surface area contributed by atoms with Crippen LogP contribution < -0.4 is 9.62 Å². The number of carboxylic acid groups (broad SMARTS) is 1. The number of benzene rings is 2. The summed E-state index contributed by atoms with van der Waals surface area (Å²) in [6, 6.07) is 1.38. The van der Waals surface area contributed by atoms with E-state index >= 15 is 8.78 Å². The molecule has 8 rings (SSSR count). The molecular formula is C49H47ClF10N9O14PS2. The molecule has 2 fully saturated rings. The van der Waals surface area contributed by atoms with Gasteiger partial charge in [0.1, 0.15) is 47.4 Å². The van der Waals surface area contributed by atoms with Gasteiger partial charge < -0.3 is 29.8 Å². The zero-order valence-corrected chi connectivity index (χ0v) is 48.0. The van der Waals surface area contributed by atoms with Crippen molar-refractivity contribution in [2.24, 2.45) is 5.92 Å². The van der Waals surface area contributed by atoms with E-state index in [0.29, 0.717) is 17.2 Å². The average molecular weight is 1310 g/mol. The van der Waals surface area contributed by atoms with Crippen molar-refractivity contribution < 1.29 is 109 Å². The molecule has 3 aliphatic rings. The van der Waals surface area contributed by atoms with Crippen molar-refractivity contribution in [1.82, 2.24) is 39.7 Å². The highest BCUT2D eigenvalue weighted by molar-refractivity contribution is 7.93. The Labute approximate surface area is 485 Å². The first kappa shape index (κ1) is 64.9. The van der Waals surface area contributed by atoms with Crippen molar-refractivity contribution in [3.63, 3.8) is 0 Å². The number of phosphoric acid groups is 1. The molecule has 0 unspecified atom stereocenters. The number of carbonyl (C=O) groups is 4. The van der Waals surface area contributed by atoms with Crippen LogP contribution in [0.3, 0.4) is 0 Å². The van der Waals surface area contributed by atoms with Crippen LogP contribution in [-0.2, 0) is 74.9 Å². The minimum atomic E-state index is -5.28. The van der Waals surface area contributed by atoms with Crippen LogP contribution >= 0.6 is 19.4 Å². The highest BCUT2D eigenvalue weighted by atomic mass is 35.5. The molecule has 1 saturated heterocycles. The number of halogens is 11. The van der Waals surface area contributed by atoms with Gasteiger partial charge in [0.2, 0.25) is 22.7 Å². The molecule has 4 N–H and O–H groups in total. The number of aromatic nitrogens is 5. The Balaban J connectivity index is 1.31. The number of sulfonamides is 1. The molecule has 5 aromatic rings. The molecule has 2 aromatic carbocycles. The lowest BCUT2D eigenvalue weighted by atomic mass is 9.93. The summed E-state index contributed by atoms with van der Waals surface area (Å²) in [6.07, 6.45) is -12.0. The highest BCUT2D eigenvalue weighted by Gasteiger charge is 2.68. The van der Waals surface area contributed by atoms with Crippen molar-refractivity contribution in [2.75, 3.05) is 43.2 Å². The van der Waals surface area contributed by atoms with Gasteiger partial charge in [-0.25, -0.2) is 49.3 Å². The van der Waals surface area contributed by atoms with Crippen LogP contribution in [0.5, 0.6) is 0 Å². The maximum absolute atomic E-state index is 15.7. The molecule has 86 heavy (non-hydrogen) atoms. The average Bonchev–Trinajstić information content (AvgIpc) is 1.52. The molecule has 0 spiro atoms. The van der Waals surface area contributed by atoms with Gasteiger partial charge in [0.15, 0.2) is 21.3 Å². The van der Waals surface area contributed by atoms with E-state index in [9.17, 15) is 80.8 Å². The normalized spacial score (nSPS) is 18.0. The summed E-state index contributed by atoms with van der Waals surface area (Å²) in [6.45, 7) is -4.78. The summed E-state index contributed by atoms with van der Waals surface area (Å²) in [5.41, 5.74) is -6.60. The van der Waals surface area contributed by atoms with E-state index in [4.69, 9.17) is 21.4 Å². The van der Waals surface area contributed by atoms with E-state index < -0.39 is 205 Å². The fourth-order valence-electron chi connectivity index (χ4n) is 10.0. The number of nitrogens with one attached hydrogen (secondary N) is 1. The third-order valence-electron chi connectivity index (χ3n) is 14.0. The molecule has 4 amide bonds. The van der Waals surface area contributed by atoms with E-state index in [2.05, 4.69) is 41.6 Å². The number of likely N-dealkylation sites (tertiary alicyclic amines) is 1. The largest absolute Gasteiger partial charge is 0.480 e. The van der Waals surface area contributed by atoms with Gasteiger partial charge in [-0.3, -0.25) is 23.9 Å². The summed E-state index contributed by atoms with van der Waals surface area (Å²) < 4.78 is 221. The number of phosphoric ester groups is 1. The lowest BCUT2D eigenvalue weighted by Crippen LogP contribution is -2.52. The number of hydrogen-bond donors (Lipinski definition) is 4. The summed E-state index contributed by atoms with van der Waals surface area (Å²) in [4.78, 5) is 77.7. The summed E-state index contributed by atoms with van der Waals surface area (Å²) in [5.74, 6) is -8.23. The number of nitrogens with zero attached hydrogens (tertiary/aromatic N) is 8. The van der Waals surface area contributed by atoms with Gasteiger partial charge in [0.25, 0.3) is 5.92 Å². The number of pyridine rings is 1. The Morgan fingerprint density at radius 3 is 2.21 bits per heavy atom. The molecule has 0 bridgehead atoms. The number of carboxylic acids is 1. The molecule has 466 valence electrons. The van der Waals surface area contributed by atoms with Crippen LogP contribution in [0.15, 0.2) is 42.5 Å². The molecule has 23 nitrogen and oxygen atoms in total. The smallest absolute Gasteiger partial charge is 0.472 e. The standard InChI is InChI=1S/C49H47ClF10N9O14PS2/c1-46(2,85(3,78)79)12-11-27-7-8-29(39(61-27)34(16-24-14-25(51)17-26(52)15-24)62-35(70)20-67-42-37(41(63-67)49(58,59)60)31-18-32(31)48(42,56)57)30-9-10-33(50)38-40(30)68(22-47(53,54)55)64-43(38)69(86(4,80)81)44(73)66-13-5-6-28(66)19-65(21-36(71)72)45(74)82-23-83-84(75,76)77/h7-10,14-15,17,28,31-32,34H,5-6,13,16,18-23H2,1-4H3,(H,62,70)(H,71,72)(H2,75,76,77)/t28-,31-,32+,34-/m0/s1. The van der Waals surface area contributed by atoms with Gasteiger partial charge in [0, 0.05) is 48.0 Å². The van der Waals surface area contributed by atoms with Crippen LogP contribution in [0, 0.1) is 29.4 Å². The third kappa shape index (κ3) is 14.0. The SMILES string of the molecule is CC(C)(C#Cc1ccc(-c2ccc(Cl)c3c(N(C(=O)N4CCC[C@H]4CN(CC(=O)O)C(=O)OCOP(=O)(O)O)S(C)(=O)=O)nn(CC(F)(F)F)c23)c([C@H](Cc2cc(F)cc(F)c2)NC(=O)Cn2nc(C(F)(F)F)c3c2C(F)(F)[C@@H]2C[C@H]32)n1)S(C)(=O)=O. The molecule has 0 radical (unpaired) electrons. The quantitative estimate of drug-likeness (QED) is 0.0291. The zero-order chi connectivity index (χ0) is 63.8. The maximum atomic E-state index is 15.7. The number of urea groups is 1. The van der Waals surface area contributed by atoms with Crippen molar-refractivity contribution in [1.29, 1.82) is 0 Å². The molecule has 37 heteroatoms. The number of ether oxygens (including phenoxy) is 1. The number of amides is 4. The minimum absolute atomic E-state index is 0.0213. The highest BCUT2D eigenvalue weighted by Crippen LogP contribution is 2.68. The van der Waals surface area contributed by atoms with Gasteiger partial charge in [-0.1, -0.05) is 23.6 Å². The van der Waals surface area contributed by atoms with E-state index in [1.54, 1.807) is 0 Å². The summed E-state index contributed by atoms with van der Waals surface area (Å²) in [5, 5.41) is 18.0. The summed E-state index contributed by atoms with van der Waals surface area (Å²) in [7, 11) is -14.3. The number of aliphatic carboxylic acids is 1. The van der Waals surface area contributed by atoms with Crippen LogP contribution in [0.2, 0.25) is 5.02 Å². The van der Waals surface area contributed by atoms with Crippen molar-refractivity contribution in [3.8, 4) is 23.0 Å². The second-order valence-corrected chi connectivity index (χ2v) is 26.8. The fourth-order valence-corrected chi connectivity index (χ4v) is 11.5. The molecule has 1 saturated carbocycles. The third-order valence-corrected chi connectivity index (χ3v) is 17.8. The lowest BCUT2D eigenvalue weighted by molar-refractivity contribution is -0.143. The monoisotopic (exact) mass is 1310 g/mol. The number of anilines is 1. The maximum Gasteiger partial charge on any atom is 0.472 e. The Bertz CT molecular complexity index is 3920. The topological polar surface area (TPSA) is 303 Å². The number of hydrogen-bond acceptors (Lipinski definition) is 14. The van der Waals surface area contributed by atoms with Crippen LogP contribution in [0.25, 0.3) is 22.0 Å². The van der Waals surface area contributed by atoms with E-state index in [1.165, 1.54) is 13.8 Å². The number of carbonyl (C=O) groups excluding carboxylic acids is 3. The first-order valence-electron chi connectivity index (χ1n) is 25.0. The molecule has 2 aliphatic carbocycles. The van der Waals surface area contributed by atoms with Gasteiger partial charge in [-0.2, -0.15) is 49.6 Å². The molecule has 1 aliphatic heterocycles. The fraction of sp³-hybridized carbons (Fsp3) is 0.449. The summed E-state index contributed by atoms with van der Waals surface area (Å²) >= 11 is 6.75. The van der Waals surface area contributed by atoms with Gasteiger partial charge >= 0.3 is 38.3 Å². The second-order valence-electron chi connectivity index (χ2n) is 20.7. The number of fused-ring (bicyclic) bond motifs is 4. The predicted octanol–water partition coefficient (Wildman–Crippen LogP) is 7.23. The Morgan fingerprint density at radius 1 is 0.965 bits per heavy atom. The lowest BCUT2D eigenvalue weighted by Gasteiger charge is -2.32. The van der Waals surface area contributed by atoms with Crippen LogP contribution in [-0.4, -0.2) is 146 Å². The van der Waals surface area contributed by atoms with Crippen molar-refractivity contribution in [2.45, 2.75) is 93.6 Å². The van der Waals surface area contributed by atoms with Crippen LogP contribution in [0.1, 0.15) is 79.0 Å². The number of alkyl halides is 8. The Morgan fingerprint density at radius 2 is 1.62 bits per heavy atom. The van der Waals surface area contributed by atoms with Gasteiger partial charge in [0.05, 0.1) is 40.0 Å². The molecule has 4 heterocycles. The Hall–Kier alpha value is -7.09. The Kier molecular flexibility index (Phi) is 17.5. The van der Waals surface area contributed by atoms with Crippen molar-refractivity contribution >= 4 is 80.0 Å². The first-order valence-corrected chi connectivity index (χ1v) is 30.7. The first-order chi connectivity index (χ1) is 39.6. The molecular weight excluding hydrogens is 1260 g/mol. The van der Waals surface area contributed by atoms with Gasteiger partial charge in [-0.05, 0) is 87.3 Å².